The van der Waals surface area contributed by atoms with Gasteiger partial charge in [-0.3, -0.25) is 4.98 Å². The van der Waals surface area contributed by atoms with Gasteiger partial charge < -0.3 is 10.6 Å². The third kappa shape index (κ3) is 2.49. The molecule has 0 radical (unpaired) electrons. The van der Waals surface area contributed by atoms with Gasteiger partial charge in [0.2, 0.25) is 5.28 Å². The molecule has 0 spiro atoms. The first-order valence-corrected chi connectivity index (χ1v) is 7.67. The molecule has 114 valence electrons. The summed E-state index contributed by atoms with van der Waals surface area (Å²) in [5.41, 5.74) is 5.23. The number of anilines is 2. The summed E-state index contributed by atoms with van der Waals surface area (Å²) in [4.78, 5) is 12.8. The quantitative estimate of drug-likeness (QED) is 0.699. The third-order valence-corrected chi connectivity index (χ3v) is 4.05. The number of halogens is 1. The topological polar surface area (TPSA) is 62.7 Å². The zero-order valence-electron chi connectivity index (χ0n) is 12.5. The average molecular weight is 324 g/mol. The largest absolute Gasteiger partial charge is 0.381 e. The van der Waals surface area contributed by atoms with Crippen LogP contribution in [0.1, 0.15) is 12.5 Å². The lowest BCUT2D eigenvalue weighted by Crippen LogP contribution is -2.17. The molecule has 2 aromatic heterocycles. The predicted octanol–water partition coefficient (Wildman–Crippen LogP) is 3.95. The predicted molar refractivity (Wildman–Crippen MR) is 93.5 cm³/mol. The minimum atomic E-state index is 0.215. The van der Waals surface area contributed by atoms with Gasteiger partial charge in [-0.1, -0.05) is 18.2 Å². The molecule has 0 saturated carbocycles. The van der Waals surface area contributed by atoms with Crippen LogP contribution in [-0.2, 0) is 0 Å². The van der Waals surface area contributed by atoms with Crippen molar-refractivity contribution in [3.8, 4) is 0 Å². The minimum Gasteiger partial charge on any atom is -0.381 e. The van der Waals surface area contributed by atoms with Crippen LogP contribution in [0.15, 0.2) is 48.3 Å². The van der Waals surface area contributed by atoms with Crippen molar-refractivity contribution in [1.29, 1.82) is 0 Å². The van der Waals surface area contributed by atoms with Crippen molar-refractivity contribution in [1.82, 2.24) is 15.0 Å². The van der Waals surface area contributed by atoms with E-state index in [1.54, 1.807) is 12.4 Å². The number of hydrogen-bond donors (Lipinski definition) is 2. The number of nitrogens with one attached hydrogen (secondary N) is 2. The molecule has 6 heteroatoms. The van der Waals surface area contributed by atoms with Crippen LogP contribution in [-0.4, -0.2) is 21.5 Å². The molecule has 5 nitrogen and oxygen atoms in total. The van der Waals surface area contributed by atoms with E-state index < -0.39 is 0 Å². The molecule has 0 unspecified atom stereocenters. The highest BCUT2D eigenvalue weighted by Crippen LogP contribution is 2.33. The summed E-state index contributed by atoms with van der Waals surface area (Å²) in [6.07, 6.45) is 3.44. The normalized spacial score (nSPS) is 13.7. The molecule has 3 aromatic rings. The average Bonchev–Trinajstić information content (AvgIpc) is 2.57. The molecular weight excluding hydrogens is 310 g/mol. The second-order valence-electron chi connectivity index (χ2n) is 5.41. The summed E-state index contributed by atoms with van der Waals surface area (Å²) in [7, 11) is 0. The zero-order valence-corrected chi connectivity index (χ0v) is 13.2. The van der Waals surface area contributed by atoms with Crippen molar-refractivity contribution >= 4 is 39.7 Å². The third-order valence-electron chi connectivity index (χ3n) is 3.88. The molecule has 0 aliphatic carbocycles. The molecule has 4 rings (SSSR count). The molecule has 23 heavy (non-hydrogen) atoms. The van der Waals surface area contributed by atoms with E-state index in [0.29, 0.717) is 5.82 Å². The Morgan fingerprint density at radius 2 is 2.04 bits per heavy atom. The smallest absolute Gasteiger partial charge is 0.224 e. The molecule has 0 bridgehead atoms. The highest BCUT2D eigenvalue weighted by atomic mass is 35.5. The fourth-order valence-electron chi connectivity index (χ4n) is 2.73. The lowest BCUT2D eigenvalue weighted by molar-refractivity contribution is 1.15. The van der Waals surface area contributed by atoms with Crippen LogP contribution >= 0.6 is 11.6 Å². The standard InChI is InChI=1S/C17H14ClN5/c1-10-8-20-13-5-3-2-4-11(13)15(10)22-16-12-9-19-7-6-14(12)21-17(18)23-16/h2-7,9,20H,8H2,1H3,(H,21,22,23). The second-order valence-corrected chi connectivity index (χ2v) is 5.75. The Morgan fingerprint density at radius 3 is 2.96 bits per heavy atom. The van der Waals surface area contributed by atoms with Crippen molar-refractivity contribution in [2.75, 3.05) is 17.2 Å². The van der Waals surface area contributed by atoms with Gasteiger partial charge >= 0.3 is 0 Å². The number of benzene rings is 1. The Balaban J connectivity index is 1.85. The fraction of sp³-hybridized carbons (Fsp3) is 0.118. The van der Waals surface area contributed by atoms with Gasteiger partial charge in [-0.2, -0.15) is 4.98 Å². The van der Waals surface area contributed by atoms with Crippen molar-refractivity contribution < 1.29 is 0 Å². The van der Waals surface area contributed by atoms with Gasteiger partial charge in [-0.05, 0) is 36.2 Å². The Hall–Kier alpha value is -2.66. The Bertz CT molecular complexity index is 935. The lowest BCUT2D eigenvalue weighted by atomic mass is 10.0. The van der Waals surface area contributed by atoms with E-state index >= 15 is 0 Å². The van der Waals surface area contributed by atoms with Crippen LogP contribution in [0.2, 0.25) is 5.28 Å². The summed E-state index contributed by atoms with van der Waals surface area (Å²) in [6, 6.07) is 10.0. The van der Waals surface area contributed by atoms with Crippen LogP contribution in [0, 0.1) is 0 Å². The van der Waals surface area contributed by atoms with E-state index in [2.05, 4.69) is 44.6 Å². The molecule has 1 aliphatic rings. The lowest BCUT2D eigenvalue weighted by Gasteiger charge is -2.24. The molecule has 1 aliphatic heterocycles. The Morgan fingerprint density at radius 1 is 1.17 bits per heavy atom. The first-order valence-electron chi connectivity index (χ1n) is 7.29. The summed E-state index contributed by atoms with van der Waals surface area (Å²) < 4.78 is 0. The van der Waals surface area contributed by atoms with Gasteiger partial charge in [0, 0.05) is 35.9 Å². The summed E-state index contributed by atoms with van der Waals surface area (Å²) in [5.74, 6) is 0.666. The van der Waals surface area contributed by atoms with Crippen molar-refractivity contribution in [2.45, 2.75) is 6.92 Å². The Kier molecular flexibility index (Phi) is 3.35. The number of rotatable bonds is 2. The van der Waals surface area contributed by atoms with Crippen LogP contribution in [0.3, 0.4) is 0 Å². The molecule has 3 heterocycles. The molecule has 0 amide bonds. The van der Waals surface area contributed by atoms with E-state index in [1.165, 1.54) is 5.57 Å². The molecule has 1 aromatic carbocycles. The first kappa shape index (κ1) is 14.0. The number of nitrogens with zero attached hydrogens (tertiary/aromatic N) is 3. The van der Waals surface area contributed by atoms with Crippen LogP contribution < -0.4 is 10.6 Å². The highest BCUT2D eigenvalue weighted by Gasteiger charge is 2.17. The van der Waals surface area contributed by atoms with E-state index in [9.17, 15) is 0 Å². The van der Waals surface area contributed by atoms with Crippen LogP contribution in [0.25, 0.3) is 16.6 Å². The van der Waals surface area contributed by atoms with E-state index in [1.807, 2.05) is 18.2 Å². The number of para-hydroxylation sites is 1. The number of hydrogen-bond acceptors (Lipinski definition) is 5. The maximum Gasteiger partial charge on any atom is 0.224 e. The van der Waals surface area contributed by atoms with Gasteiger partial charge in [0.25, 0.3) is 0 Å². The molecule has 2 N–H and O–H groups in total. The van der Waals surface area contributed by atoms with E-state index in [-0.39, 0.29) is 5.28 Å². The maximum absolute atomic E-state index is 6.07. The minimum absolute atomic E-state index is 0.215. The number of pyridine rings is 1. The highest BCUT2D eigenvalue weighted by molar-refractivity contribution is 6.28. The fourth-order valence-corrected chi connectivity index (χ4v) is 2.91. The summed E-state index contributed by atoms with van der Waals surface area (Å²) in [6.45, 7) is 2.88. The van der Waals surface area contributed by atoms with Crippen molar-refractivity contribution in [2.24, 2.45) is 0 Å². The van der Waals surface area contributed by atoms with Crippen LogP contribution in [0.4, 0.5) is 11.5 Å². The Labute approximate surface area is 138 Å². The number of aromatic nitrogens is 3. The molecular formula is C17H14ClN5. The van der Waals surface area contributed by atoms with Crippen molar-refractivity contribution in [3.05, 3.63) is 59.1 Å². The second kappa shape index (κ2) is 5.52. The zero-order chi connectivity index (χ0) is 15.8. The molecule has 0 saturated heterocycles. The van der Waals surface area contributed by atoms with E-state index in [4.69, 9.17) is 11.6 Å². The van der Waals surface area contributed by atoms with Gasteiger partial charge in [0.1, 0.15) is 5.82 Å². The van der Waals surface area contributed by atoms with Gasteiger partial charge in [-0.15, -0.1) is 0 Å². The van der Waals surface area contributed by atoms with Crippen LogP contribution in [0.5, 0.6) is 0 Å². The van der Waals surface area contributed by atoms with Crippen molar-refractivity contribution in [3.63, 3.8) is 0 Å². The monoisotopic (exact) mass is 323 g/mol. The molecule has 0 atom stereocenters. The number of fused-ring (bicyclic) bond motifs is 2. The molecule has 0 fully saturated rings. The van der Waals surface area contributed by atoms with Gasteiger partial charge in [0.05, 0.1) is 10.9 Å². The summed E-state index contributed by atoms with van der Waals surface area (Å²) in [5, 5.41) is 7.90. The first-order chi connectivity index (χ1) is 11.2. The maximum atomic E-state index is 6.07. The summed E-state index contributed by atoms with van der Waals surface area (Å²) >= 11 is 6.07. The van der Waals surface area contributed by atoms with E-state index in [0.717, 1.165) is 34.4 Å². The SMILES string of the molecule is CC1=C(Nc2nc(Cl)nc3ccncc23)c2ccccc2NC1. The van der Waals surface area contributed by atoms with Gasteiger partial charge in [0.15, 0.2) is 0 Å². The van der Waals surface area contributed by atoms with Gasteiger partial charge in [-0.25, -0.2) is 4.98 Å².